The Hall–Kier alpha value is -3.68. The molecule has 1 saturated carbocycles. The molecule has 232 valence electrons. The van der Waals surface area contributed by atoms with E-state index in [0.717, 1.165) is 88.9 Å². The molecule has 2 aliphatic rings. The first-order valence-corrected chi connectivity index (χ1v) is 16.3. The number of alkyl halides is 1. The van der Waals surface area contributed by atoms with Gasteiger partial charge in [0.25, 0.3) is 0 Å². The smallest absolute Gasteiger partial charge is 0.228 e. The van der Waals surface area contributed by atoms with Gasteiger partial charge in [0.15, 0.2) is 5.78 Å². The number of benzene rings is 3. The average Bonchev–Trinajstić information content (AvgIpc) is 3.42. The summed E-state index contributed by atoms with van der Waals surface area (Å²) in [4.78, 5) is 17.9. The first-order valence-electron chi connectivity index (χ1n) is 16.3. The number of ketones is 1. The van der Waals surface area contributed by atoms with Crippen LogP contribution in [0.15, 0.2) is 79.0 Å². The van der Waals surface area contributed by atoms with Gasteiger partial charge in [-0.1, -0.05) is 55.7 Å². The van der Waals surface area contributed by atoms with Crippen molar-refractivity contribution in [2.75, 3.05) is 37.9 Å². The van der Waals surface area contributed by atoms with Gasteiger partial charge in [0.2, 0.25) is 6.86 Å². The number of fused-ring (bicyclic) bond motifs is 1. The van der Waals surface area contributed by atoms with Gasteiger partial charge in [-0.3, -0.25) is 9.69 Å². The van der Waals surface area contributed by atoms with E-state index >= 15 is 0 Å². The number of piperazine rings is 1. The Morgan fingerprint density at radius 2 is 1.64 bits per heavy atom. The van der Waals surface area contributed by atoms with Crippen molar-refractivity contribution in [2.45, 2.75) is 70.0 Å². The Bertz CT molecular complexity index is 1520. The molecule has 2 heterocycles. The van der Waals surface area contributed by atoms with Crippen LogP contribution in [0.1, 0.15) is 56.9 Å². The zero-order valence-electron chi connectivity index (χ0n) is 25.7. The van der Waals surface area contributed by atoms with E-state index in [-0.39, 0.29) is 5.78 Å². The van der Waals surface area contributed by atoms with Gasteiger partial charge in [-0.2, -0.15) is 0 Å². The van der Waals surface area contributed by atoms with Crippen LogP contribution >= 0.6 is 0 Å². The Morgan fingerprint density at radius 1 is 0.886 bits per heavy atom. The first-order chi connectivity index (χ1) is 21.5. The second kappa shape index (κ2) is 14.0. The lowest BCUT2D eigenvalue weighted by atomic mass is 9.78. The number of rotatable bonds is 12. The fraction of sp³-hybridized carbons (Fsp3) is 0.432. The van der Waals surface area contributed by atoms with Crippen LogP contribution < -0.4 is 15.4 Å². The van der Waals surface area contributed by atoms with Crippen molar-refractivity contribution in [3.05, 3.63) is 84.6 Å². The number of halogens is 1. The van der Waals surface area contributed by atoms with E-state index in [1.165, 1.54) is 28.6 Å². The molecule has 0 atom stereocenters. The molecule has 1 saturated heterocycles. The summed E-state index contributed by atoms with van der Waals surface area (Å²) in [5, 5.41) is 1.21. The molecule has 0 spiro atoms. The van der Waals surface area contributed by atoms with Crippen molar-refractivity contribution < 1.29 is 13.9 Å². The number of Topliss-reactive ketones (excluding diaryl/α,β-unsaturated/α-hetero) is 1. The third-order valence-corrected chi connectivity index (χ3v) is 9.59. The van der Waals surface area contributed by atoms with Gasteiger partial charge in [0.05, 0.1) is 5.54 Å². The number of aryl methyl sites for hydroxylation is 1. The number of nitrogens with zero attached hydrogens (tertiary/aromatic N) is 3. The number of nitrogens with two attached hydrogens (primary N) is 1. The number of para-hydroxylation sites is 1. The van der Waals surface area contributed by atoms with Crippen LogP contribution in [0.5, 0.6) is 5.75 Å². The molecule has 0 radical (unpaired) electrons. The molecule has 1 aliphatic heterocycles. The number of aromatic nitrogens is 1. The number of carbonyl (C=O) groups excluding carboxylic acids is 1. The molecule has 2 fully saturated rings. The highest BCUT2D eigenvalue weighted by atomic mass is 19.1. The van der Waals surface area contributed by atoms with E-state index < -0.39 is 12.4 Å². The Kier molecular flexibility index (Phi) is 9.63. The molecule has 1 aliphatic carbocycles. The minimum absolute atomic E-state index is 0.236. The van der Waals surface area contributed by atoms with Gasteiger partial charge < -0.3 is 19.9 Å². The van der Waals surface area contributed by atoms with Crippen LogP contribution in [0.3, 0.4) is 0 Å². The number of hydrogen-bond donors (Lipinski definition) is 1. The summed E-state index contributed by atoms with van der Waals surface area (Å²) in [5.74, 6) is 0.760. The summed E-state index contributed by atoms with van der Waals surface area (Å²) in [7, 11) is 0. The van der Waals surface area contributed by atoms with E-state index in [0.29, 0.717) is 12.2 Å². The molecule has 3 aromatic carbocycles. The molecular formula is C37H45FN4O2. The van der Waals surface area contributed by atoms with E-state index in [2.05, 4.69) is 69.1 Å². The molecule has 4 aromatic rings. The second-order valence-electron chi connectivity index (χ2n) is 12.6. The summed E-state index contributed by atoms with van der Waals surface area (Å²) < 4.78 is 20.1. The highest BCUT2D eigenvalue weighted by molar-refractivity contribution is 5.96. The van der Waals surface area contributed by atoms with Gasteiger partial charge in [0.1, 0.15) is 5.75 Å². The van der Waals surface area contributed by atoms with Gasteiger partial charge >= 0.3 is 0 Å². The highest BCUT2D eigenvalue weighted by Gasteiger charge is 2.34. The quantitative estimate of drug-likeness (QED) is 0.174. The van der Waals surface area contributed by atoms with Crippen LogP contribution in [0.25, 0.3) is 22.0 Å². The van der Waals surface area contributed by atoms with Crippen molar-refractivity contribution in [3.8, 4) is 16.9 Å². The minimum atomic E-state index is -0.838. The zero-order valence-corrected chi connectivity index (χ0v) is 25.7. The monoisotopic (exact) mass is 596 g/mol. The Balaban J connectivity index is 1.16. The van der Waals surface area contributed by atoms with Crippen LogP contribution in [0.4, 0.5) is 10.1 Å². The molecule has 0 bridgehead atoms. The lowest BCUT2D eigenvalue weighted by molar-refractivity contribution is -0.125. The topological polar surface area (TPSA) is 63.7 Å². The molecule has 2 N–H and O–H groups in total. The SMILES string of the molecule is NC1(C(=O)CCCCn2cc(-c3ccc(OCF)cc3)c3cc(CN4CCN(c5ccccc5)CC4)ccc32)CCCCC1. The van der Waals surface area contributed by atoms with Crippen molar-refractivity contribution in [1.82, 2.24) is 9.47 Å². The lowest BCUT2D eigenvalue weighted by Gasteiger charge is -2.36. The molecule has 44 heavy (non-hydrogen) atoms. The molecule has 6 rings (SSSR count). The average molecular weight is 597 g/mol. The maximum Gasteiger partial charge on any atom is 0.228 e. The van der Waals surface area contributed by atoms with E-state index in [1.54, 1.807) is 0 Å². The van der Waals surface area contributed by atoms with Crippen LogP contribution in [0, 0.1) is 0 Å². The standard InChI is InChI=1S/C37H45FN4O2/c38-28-44-32-15-13-30(14-16-32)34-27-42(20-8-5-11-36(43)37(39)18-6-2-7-19-37)35-17-12-29(25-33(34)35)26-40-21-23-41(24-22-40)31-9-3-1-4-10-31/h1,3-4,9-10,12-17,25,27H,2,5-8,11,18-24,26,28,39H2. The number of unbranched alkanes of at least 4 members (excludes halogenated alkanes) is 1. The van der Waals surface area contributed by atoms with Crippen molar-refractivity contribution >= 4 is 22.4 Å². The molecule has 7 heteroatoms. The summed E-state index contributed by atoms with van der Waals surface area (Å²) in [5.41, 5.74) is 11.9. The third kappa shape index (κ3) is 7.00. The zero-order chi connectivity index (χ0) is 30.4. The molecule has 0 unspecified atom stereocenters. The summed E-state index contributed by atoms with van der Waals surface area (Å²) in [6.07, 6.45) is 9.52. The molecular weight excluding hydrogens is 551 g/mol. The number of hydrogen-bond acceptors (Lipinski definition) is 5. The minimum Gasteiger partial charge on any atom is -0.463 e. The van der Waals surface area contributed by atoms with Crippen LogP contribution in [-0.2, 0) is 17.9 Å². The van der Waals surface area contributed by atoms with Gasteiger partial charge in [-0.15, -0.1) is 0 Å². The molecule has 6 nitrogen and oxygen atoms in total. The van der Waals surface area contributed by atoms with Gasteiger partial charge in [-0.25, -0.2) is 4.39 Å². The lowest BCUT2D eigenvalue weighted by Crippen LogP contribution is -2.49. The maximum atomic E-state index is 12.9. The van der Waals surface area contributed by atoms with Crippen molar-refractivity contribution in [2.24, 2.45) is 5.73 Å². The molecule has 0 amide bonds. The number of ether oxygens (including phenoxy) is 1. The van der Waals surface area contributed by atoms with E-state index in [1.807, 2.05) is 24.3 Å². The van der Waals surface area contributed by atoms with Crippen molar-refractivity contribution in [3.63, 3.8) is 0 Å². The highest BCUT2D eigenvalue weighted by Crippen LogP contribution is 2.34. The van der Waals surface area contributed by atoms with Gasteiger partial charge in [-0.05, 0) is 73.2 Å². The molecule has 1 aromatic heterocycles. The normalized spacial score (nSPS) is 17.2. The number of carbonyl (C=O) groups is 1. The van der Waals surface area contributed by atoms with Gasteiger partial charge in [0, 0.05) is 74.0 Å². The fourth-order valence-electron chi connectivity index (χ4n) is 6.99. The maximum absolute atomic E-state index is 12.9. The van der Waals surface area contributed by atoms with E-state index in [4.69, 9.17) is 10.5 Å². The van der Waals surface area contributed by atoms with Crippen LogP contribution in [0.2, 0.25) is 0 Å². The largest absolute Gasteiger partial charge is 0.463 e. The second-order valence-corrected chi connectivity index (χ2v) is 12.6. The Labute approximate surface area is 260 Å². The third-order valence-electron chi connectivity index (χ3n) is 9.59. The van der Waals surface area contributed by atoms with Crippen molar-refractivity contribution in [1.29, 1.82) is 0 Å². The predicted molar refractivity (Wildman–Crippen MR) is 177 cm³/mol. The fourth-order valence-corrected chi connectivity index (χ4v) is 6.99. The summed E-state index contributed by atoms with van der Waals surface area (Å²) >= 11 is 0. The Morgan fingerprint density at radius 3 is 2.36 bits per heavy atom. The predicted octanol–water partition coefficient (Wildman–Crippen LogP) is 7.34. The first kappa shape index (κ1) is 30.4. The number of anilines is 1. The van der Waals surface area contributed by atoms with E-state index in [9.17, 15) is 9.18 Å². The summed E-state index contributed by atoms with van der Waals surface area (Å²) in [6.45, 7) is 5.01. The summed E-state index contributed by atoms with van der Waals surface area (Å²) in [6, 6.07) is 25.2. The van der Waals surface area contributed by atoms with Crippen LogP contribution in [-0.4, -0.2) is 53.8 Å².